The first kappa shape index (κ1) is 12.9. The van der Waals surface area contributed by atoms with Crippen LogP contribution in [0, 0.1) is 11.6 Å². The van der Waals surface area contributed by atoms with E-state index < -0.39 is 17.7 Å². The molecule has 0 saturated carbocycles. The number of ether oxygens (including phenoxy) is 1. The van der Waals surface area contributed by atoms with Gasteiger partial charge in [0.25, 0.3) is 0 Å². The number of rotatable bonds is 6. The second-order valence-corrected chi connectivity index (χ2v) is 3.32. The Hall–Kier alpha value is -1.20. The fourth-order valence-corrected chi connectivity index (χ4v) is 1.17. The Morgan fingerprint density at radius 3 is 2.81 bits per heavy atom. The first-order valence-corrected chi connectivity index (χ1v) is 5.08. The lowest BCUT2D eigenvalue weighted by atomic mass is 10.3. The molecule has 1 aromatic carbocycles. The molecule has 0 saturated heterocycles. The highest BCUT2D eigenvalue weighted by Gasteiger charge is 2.07. The van der Waals surface area contributed by atoms with Gasteiger partial charge in [0, 0.05) is 19.2 Å². The second-order valence-electron chi connectivity index (χ2n) is 3.32. The van der Waals surface area contributed by atoms with E-state index >= 15 is 0 Å². The monoisotopic (exact) mass is 231 g/mol. The van der Waals surface area contributed by atoms with Crippen LogP contribution in [-0.2, 0) is 4.74 Å². The molecule has 0 fully saturated rings. The molecule has 0 heterocycles. The maximum atomic E-state index is 13.1. The number of aliphatic hydroxyl groups excluding tert-OH is 1. The minimum absolute atomic E-state index is 0.155. The summed E-state index contributed by atoms with van der Waals surface area (Å²) in [6, 6.07) is 3.23. The molecule has 0 aliphatic heterocycles. The van der Waals surface area contributed by atoms with Crippen molar-refractivity contribution in [2.24, 2.45) is 0 Å². The highest BCUT2D eigenvalue weighted by molar-refractivity contribution is 5.44. The van der Waals surface area contributed by atoms with E-state index in [1.54, 1.807) is 0 Å². The van der Waals surface area contributed by atoms with E-state index in [1.807, 2.05) is 6.92 Å². The van der Waals surface area contributed by atoms with Crippen LogP contribution >= 0.6 is 0 Å². The molecule has 3 nitrogen and oxygen atoms in total. The van der Waals surface area contributed by atoms with Crippen LogP contribution in [0.3, 0.4) is 0 Å². The molecule has 1 unspecified atom stereocenters. The first-order chi connectivity index (χ1) is 7.63. The van der Waals surface area contributed by atoms with Gasteiger partial charge in [0.05, 0.1) is 18.4 Å². The van der Waals surface area contributed by atoms with E-state index in [1.165, 1.54) is 6.07 Å². The number of aliphatic hydroxyl groups is 1. The lowest BCUT2D eigenvalue weighted by Gasteiger charge is -2.13. The van der Waals surface area contributed by atoms with E-state index in [9.17, 15) is 13.9 Å². The summed E-state index contributed by atoms with van der Waals surface area (Å²) in [5.41, 5.74) is 0.164. The molecule has 0 radical (unpaired) electrons. The van der Waals surface area contributed by atoms with E-state index in [-0.39, 0.29) is 18.8 Å². The van der Waals surface area contributed by atoms with E-state index in [0.717, 1.165) is 12.1 Å². The van der Waals surface area contributed by atoms with Crippen LogP contribution in [0.1, 0.15) is 6.92 Å². The molecule has 0 amide bonds. The van der Waals surface area contributed by atoms with Gasteiger partial charge in [0.15, 0.2) is 0 Å². The summed E-state index contributed by atoms with van der Waals surface area (Å²) in [6.07, 6.45) is -0.718. The number of anilines is 1. The van der Waals surface area contributed by atoms with E-state index in [0.29, 0.717) is 6.61 Å². The summed E-state index contributed by atoms with van der Waals surface area (Å²) < 4.78 is 30.7. The molecule has 0 aliphatic carbocycles. The molecule has 1 rings (SSSR count). The quantitative estimate of drug-likeness (QED) is 0.784. The summed E-state index contributed by atoms with van der Waals surface area (Å²) in [5.74, 6) is -1.30. The smallest absolute Gasteiger partial charge is 0.149 e. The third kappa shape index (κ3) is 4.12. The molecule has 0 aliphatic rings. The van der Waals surface area contributed by atoms with E-state index in [2.05, 4.69) is 5.32 Å². The standard InChI is InChI=1S/C11H15F2NO2/c1-2-16-7-9(15)6-14-11-4-3-8(12)5-10(11)13/h3-5,9,14-15H,2,6-7H2,1H3. The highest BCUT2D eigenvalue weighted by Crippen LogP contribution is 2.14. The van der Waals surface area contributed by atoms with Crippen molar-refractivity contribution in [3.05, 3.63) is 29.8 Å². The van der Waals surface area contributed by atoms with Gasteiger partial charge < -0.3 is 15.2 Å². The molecule has 5 heteroatoms. The number of benzene rings is 1. The summed E-state index contributed by atoms with van der Waals surface area (Å²) >= 11 is 0. The fraction of sp³-hybridized carbons (Fsp3) is 0.455. The third-order valence-corrected chi connectivity index (χ3v) is 1.97. The van der Waals surface area contributed by atoms with Gasteiger partial charge in [-0.1, -0.05) is 0 Å². The summed E-state index contributed by atoms with van der Waals surface area (Å²) in [5, 5.41) is 12.1. The first-order valence-electron chi connectivity index (χ1n) is 5.08. The van der Waals surface area contributed by atoms with Crippen molar-refractivity contribution in [2.75, 3.05) is 25.1 Å². The predicted molar refractivity (Wildman–Crippen MR) is 57.3 cm³/mol. The molecule has 2 N–H and O–H groups in total. The van der Waals surface area contributed by atoms with Crippen molar-refractivity contribution in [1.82, 2.24) is 0 Å². The normalized spacial score (nSPS) is 12.5. The minimum Gasteiger partial charge on any atom is -0.389 e. The highest BCUT2D eigenvalue weighted by atomic mass is 19.1. The molecular weight excluding hydrogens is 216 g/mol. The molecule has 16 heavy (non-hydrogen) atoms. The van der Waals surface area contributed by atoms with Gasteiger partial charge in [-0.25, -0.2) is 8.78 Å². The Bertz CT molecular complexity index is 334. The van der Waals surface area contributed by atoms with E-state index in [4.69, 9.17) is 4.74 Å². The molecular formula is C11H15F2NO2. The van der Waals surface area contributed by atoms with Gasteiger partial charge in [-0.2, -0.15) is 0 Å². The molecule has 1 aromatic rings. The van der Waals surface area contributed by atoms with Gasteiger partial charge in [0.1, 0.15) is 11.6 Å². The number of hydrogen-bond donors (Lipinski definition) is 2. The summed E-state index contributed by atoms with van der Waals surface area (Å²) in [6.45, 7) is 2.68. The maximum Gasteiger partial charge on any atom is 0.149 e. The lowest BCUT2D eigenvalue weighted by Crippen LogP contribution is -2.25. The van der Waals surface area contributed by atoms with Gasteiger partial charge in [-0.05, 0) is 19.1 Å². The Morgan fingerprint density at radius 2 is 2.19 bits per heavy atom. The Balaban J connectivity index is 2.42. The zero-order valence-electron chi connectivity index (χ0n) is 9.04. The summed E-state index contributed by atoms with van der Waals surface area (Å²) in [4.78, 5) is 0. The average molecular weight is 231 g/mol. The van der Waals surface area contributed by atoms with Gasteiger partial charge in [-0.15, -0.1) is 0 Å². The SMILES string of the molecule is CCOCC(O)CNc1ccc(F)cc1F. The Labute approximate surface area is 93.0 Å². The van der Waals surface area contributed by atoms with Crippen molar-refractivity contribution in [3.8, 4) is 0 Å². The summed E-state index contributed by atoms with van der Waals surface area (Å²) in [7, 11) is 0. The zero-order chi connectivity index (χ0) is 12.0. The van der Waals surface area contributed by atoms with Crippen LogP contribution in [0.15, 0.2) is 18.2 Å². The molecule has 0 aromatic heterocycles. The van der Waals surface area contributed by atoms with Crippen molar-refractivity contribution in [2.45, 2.75) is 13.0 Å². The minimum atomic E-state index is -0.718. The van der Waals surface area contributed by atoms with Gasteiger partial charge in [0.2, 0.25) is 0 Å². The number of hydrogen-bond acceptors (Lipinski definition) is 3. The van der Waals surface area contributed by atoms with Crippen LogP contribution in [0.25, 0.3) is 0 Å². The largest absolute Gasteiger partial charge is 0.389 e. The fourth-order valence-electron chi connectivity index (χ4n) is 1.17. The topological polar surface area (TPSA) is 41.5 Å². The average Bonchev–Trinajstić information content (AvgIpc) is 2.25. The number of nitrogens with one attached hydrogen (secondary N) is 1. The van der Waals surface area contributed by atoms with Gasteiger partial charge in [-0.3, -0.25) is 0 Å². The van der Waals surface area contributed by atoms with Crippen molar-refractivity contribution >= 4 is 5.69 Å². The number of halogens is 2. The predicted octanol–water partition coefficient (Wildman–Crippen LogP) is 1.77. The van der Waals surface area contributed by atoms with Crippen LogP contribution < -0.4 is 5.32 Å². The van der Waals surface area contributed by atoms with Crippen LogP contribution in [0.2, 0.25) is 0 Å². The molecule has 0 spiro atoms. The molecule has 1 atom stereocenters. The molecule has 0 bridgehead atoms. The maximum absolute atomic E-state index is 13.1. The van der Waals surface area contributed by atoms with Gasteiger partial charge >= 0.3 is 0 Å². The zero-order valence-corrected chi connectivity index (χ0v) is 9.04. The van der Waals surface area contributed by atoms with Crippen molar-refractivity contribution < 1.29 is 18.6 Å². The Morgan fingerprint density at radius 1 is 1.44 bits per heavy atom. The third-order valence-electron chi connectivity index (χ3n) is 1.97. The van der Waals surface area contributed by atoms with Crippen molar-refractivity contribution in [1.29, 1.82) is 0 Å². The molecule has 90 valence electrons. The van der Waals surface area contributed by atoms with Crippen LogP contribution in [-0.4, -0.2) is 31.0 Å². The second kappa shape index (κ2) is 6.40. The lowest BCUT2D eigenvalue weighted by molar-refractivity contribution is 0.0495. The van der Waals surface area contributed by atoms with Crippen LogP contribution in [0.5, 0.6) is 0 Å². The van der Waals surface area contributed by atoms with Crippen LogP contribution in [0.4, 0.5) is 14.5 Å². The Kier molecular flexibility index (Phi) is 5.14. The van der Waals surface area contributed by atoms with Crippen molar-refractivity contribution in [3.63, 3.8) is 0 Å².